The molecule has 8 heteroatoms. The quantitative estimate of drug-likeness (QED) is 0.193. The third-order valence-corrected chi connectivity index (χ3v) is 6.61. The van der Waals surface area contributed by atoms with Crippen molar-refractivity contribution in [1.29, 1.82) is 0 Å². The van der Waals surface area contributed by atoms with Crippen molar-refractivity contribution < 1.29 is 23.8 Å². The van der Waals surface area contributed by atoms with Crippen LogP contribution in [-0.4, -0.2) is 33.4 Å². The topological polar surface area (TPSA) is 95.5 Å². The van der Waals surface area contributed by atoms with Crippen LogP contribution in [0.25, 0.3) is 16.8 Å². The average molecular weight is 514 g/mol. The number of rotatable bonds is 5. The van der Waals surface area contributed by atoms with Crippen LogP contribution < -0.4 is 9.64 Å². The van der Waals surface area contributed by atoms with E-state index in [1.807, 2.05) is 31.2 Å². The number of aromatic nitrogens is 2. The highest BCUT2D eigenvalue weighted by molar-refractivity contribution is 6.51. The third-order valence-electron chi connectivity index (χ3n) is 6.61. The molecule has 194 valence electrons. The molecule has 0 radical (unpaired) electrons. The summed E-state index contributed by atoms with van der Waals surface area (Å²) in [7, 11) is 0. The summed E-state index contributed by atoms with van der Waals surface area (Å²) in [6.45, 7) is 8.55. The molecule has 5 rings (SSSR count). The predicted octanol–water partition coefficient (Wildman–Crippen LogP) is 6.02. The fourth-order valence-corrected chi connectivity index (χ4v) is 4.67. The molecule has 1 atom stereocenters. The van der Waals surface area contributed by atoms with Gasteiger partial charge in [0.25, 0.3) is 5.78 Å². The number of halogens is 1. The maximum Gasteiger partial charge on any atom is 0.302 e. The van der Waals surface area contributed by atoms with Crippen molar-refractivity contribution >= 4 is 34.4 Å². The van der Waals surface area contributed by atoms with Gasteiger partial charge in [0.05, 0.1) is 29.3 Å². The van der Waals surface area contributed by atoms with Gasteiger partial charge >= 0.3 is 5.91 Å². The number of hydrogen-bond acceptors (Lipinski definition) is 5. The van der Waals surface area contributed by atoms with Crippen LogP contribution in [-0.2, 0) is 15.0 Å². The van der Waals surface area contributed by atoms with Gasteiger partial charge in [-0.05, 0) is 53.8 Å². The first kappa shape index (κ1) is 25.2. The number of anilines is 1. The van der Waals surface area contributed by atoms with Crippen LogP contribution in [0.2, 0.25) is 0 Å². The second-order valence-electron chi connectivity index (χ2n) is 10.2. The van der Waals surface area contributed by atoms with E-state index in [0.717, 1.165) is 5.56 Å². The number of ketones is 1. The molecule has 4 aromatic rings. The first-order valence-corrected chi connectivity index (χ1v) is 12.4. The normalized spacial score (nSPS) is 17.4. The maximum atomic E-state index is 13.8. The van der Waals surface area contributed by atoms with E-state index >= 15 is 0 Å². The smallest absolute Gasteiger partial charge is 0.302 e. The zero-order valence-corrected chi connectivity index (χ0v) is 21.6. The van der Waals surface area contributed by atoms with Crippen LogP contribution >= 0.6 is 0 Å². The monoisotopic (exact) mass is 513 g/mol. The van der Waals surface area contributed by atoms with Gasteiger partial charge in [-0.1, -0.05) is 57.2 Å². The fourth-order valence-electron chi connectivity index (χ4n) is 4.67. The van der Waals surface area contributed by atoms with E-state index in [9.17, 15) is 19.1 Å². The summed E-state index contributed by atoms with van der Waals surface area (Å²) >= 11 is 0. The Hall–Kier alpha value is -4.46. The number of carbonyl (C=O) groups is 2. The van der Waals surface area contributed by atoms with Crippen molar-refractivity contribution in [2.75, 3.05) is 11.5 Å². The summed E-state index contributed by atoms with van der Waals surface area (Å²) in [6.07, 6.45) is 0. The second-order valence-corrected chi connectivity index (χ2v) is 10.2. The number of carbonyl (C=O) groups excluding carboxylic acids is 2. The lowest BCUT2D eigenvalue weighted by molar-refractivity contribution is -0.132. The molecule has 2 N–H and O–H groups in total. The minimum atomic E-state index is -0.967. The molecule has 0 saturated carbocycles. The van der Waals surface area contributed by atoms with Crippen LogP contribution in [0.3, 0.4) is 0 Å². The van der Waals surface area contributed by atoms with Crippen molar-refractivity contribution in [3.05, 3.63) is 94.8 Å². The summed E-state index contributed by atoms with van der Waals surface area (Å²) in [6, 6.07) is 17.4. The van der Waals surface area contributed by atoms with Crippen molar-refractivity contribution in [3.8, 4) is 5.75 Å². The Morgan fingerprint density at radius 1 is 1.08 bits per heavy atom. The molecular formula is C30H28FN3O4. The third kappa shape index (κ3) is 4.42. The van der Waals surface area contributed by atoms with E-state index in [1.165, 1.54) is 23.1 Å². The molecule has 7 nitrogen and oxygen atoms in total. The number of ether oxygens (including phenoxy) is 1. The lowest BCUT2D eigenvalue weighted by atomic mass is 9.85. The van der Waals surface area contributed by atoms with Crippen LogP contribution in [0, 0.1) is 5.82 Å². The highest BCUT2D eigenvalue weighted by Gasteiger charge is 2.48. The number of aliphatic hydroxyl groups excluding tert-OH is 1. The number of aliphatic hydroxyl groups is 1. The van der Waals surface area contributed by atoms with Gasteiger partial charge in [-0.25, -0.2) is 9.37 Å². The number of H-pyrrole nitrogens is 1. The number of aromatic amines is 1. The summed E-state index contributed by atoms with van der Waals surface area (Å²) in [4.78, 5) is 35.6. The van der Waals surface area contributed by atoms with Gasteiger partial charge in [-0.15, -0.1) is 0 Å². The van der Waals surface area contributed by atoms with Crippen LogP contribution in [0.1, 0.15) is 50.4 Å². The van der Waals surface area contributed by atoms with Crippen LogP contribution in [0.15, 0.2) is 72.3 Å². The summed E-state index contributed by atoms with van der Waals surface area (Å²) < 4.78 is 19.4. The molecule has 3 aromatic carbocycles. The zero-order valence-electron chi connectivity index (χ0n) is 21.6. The van der Waals surface area contributed by atoms with Crippen molar-refractivity contribution in [1.82, 2.24) is 9.97 Å². The van der Waals surface area contributed by atoms with E-state index in [0.29, 0.717) is 34.5 Å². The minimum Gasteiger partial charge on any atom is -0.507 e. The molecule has 1 aliphatic rings. The van der Waals surface area contributed by atoms with Gasteiger partial charge in [0.15, 0.2) is 0 Å². The van der Waals surface area contributed by atoms with E-state index in [2.05, 4.69) is 30.7 Å². The number of Topliss-reactive ketones (excluding diaryl/α,β-unsaturated/α-hetero) is 1. The average Bonchev–Trinajstić information content (AvgIpc) is 3.41. The van der Waals surface area contributed by atoms with Crippen molar-refractivity contribution in [3.63, 3.8) is 0 Å². The number of hydrogen-bond donors (Lipinski definition) is 2. The first-order chi connectivity index (χ1) is 18.1. The standard InChI is InChI=1S/C30H28FN3O4/c1-5-38-21-8-6-7-18(15-21)26(35)24-25(17-9-11-19(12-10-17)30(2,3)4)34(28(37)27(24)36)29-32-22-14-13-20(31)16-23(22)33-29/h6-16,25,35H,5H2,1-4H3,(H,32,33)/b26-24+. The number of benzene rings is 3. The largest absolute Gasteiger partial charge is 0.507 e. The molecule has 0 bridgehead atoms. The Morgan fingerprint density at radius 2 is 1.82 bits per heavy atom. The molecule has 2 heterocycles. The van der Waals surface area contributed by atoms with E-state index in [4.69, 9.17) is 4.74 Å². The Morgan fingerprint density at radius 3 is 2.50 bits per heavy atom. The van der Waals surface area contributed by atoms with Gasteiger partial charge in [-0.3, -0.25) is 14.5 Å². The van der Waals surface area contributed by atoms with E-state index < -0.39 is 23.5 Å². The Bertz CT molecular complexity index is 1580. The predicted molar refractivity (Wildman–Crippen MR) is 144 cm³/mol. The molecular weight excluding hydrogens is 485 g/mol. The zero-order chi connectivity index (χ0) is 27.2. The molecule has 0 spiro atoms. The Kier molecular flexibility index (Phi) is 6.26. The fraction of sp³-hybridized carbons (Fsp3) is 0.233. The highest BCUT2D eigenvalue weighted by atomic mass is 19.1. The van der Waals surface area contributed by atoms with Gasteiger partial charge in [0.1, 0.15) is 17.3 Å². The molecule has 1 amide bonds. The summed E-state index contributed by atoms with van der Waals surface area (Å²) in [5.74, 6) is -1.87. The van der Waals surface area contributed by atoms with Gasteiger partial charge in [-0.2, -0.15) is 0 Å². The van der Waals surface area contributed by atoms with Crippen LogP contribution in [0.4, 0.5) is 10.3 Å². The molecule has 0 aliphatic carbocycles. The molecule has 1 saturated heterocycles. The number of nitrogens with one attached hydrogen (secondary N) is 1. The van der Waals surface area contributed by atoms with Gasteiger partial charge < -0.3 is 14.8 Å². The number of imidazole rings is 1. The van der Waals surface area contributed by atoms with Gasteiger partial charge in [0.2, 0.25) is 5.95 Å². The molecule has 1 fully saturated rings. The summed E-state index contributed by atoms with van der Waals surface area (Å²) in [5.41, 5.74) is 2.68. The van der Waals surface area contributed by atoms with E-state index in [-0.39, 0.29) is 22.7 Å². The molecule has 1 unspecified atom stereocenters. The summed E-state index contributed by atoms with van der Waals surface area (Å²) in [5, 5.41) is 11.4. The SMILES string of the molecule is CCOc1cccc(/C(O)=C2\C(=O)C(=O)N(c3nc4ccc(F)cc4[nH]3)C2c2ccc(C(C)(C)C)cc2)c1. The Balaban J connectivity index is 1.70. The lowest BCUT2D eigenvalue weighted by Gasteiger charge is -2.25. The van der Waals surface area contributed by atoms with E-state index in [1.54, 1.807) is 24.3 Å². The molecule has 38 heavy (non-hydrogen) atoms. The van der Waals surface area contributed by atoms with Crippen LogP contribution in [0.5, 0.6) is 5.75 Å². The molecule has 1 aromatic heterocycles. The highest BCUT2D eigenvalue weighted by Crippen LogP contribution is 2.42. The van der Waals surface area contributed by atoms with Crippen molar-refractivity contribution in [2.45, 2.75) is 39.2 Å². The minimum absolute atomic E-state index is 0.0706. The number of amides is 1. The maximum absolute atomic E-state index is 13.8. The van der Waals surface area contributed by atoms with Crippen molar-refractivity contribution in [2.24, 2.45) is 0 Å². The lowest BCUT2D eigenvalue weighted by Crippen LogP contribution is -2.30. The number of fused-ring (bicyclic) bond motifs is 1. The Labute approximate surface area is 219 Å². The number of nitrogens with zero attached hydrogens (tertiary/aromatic N) is 2. The first-order valence-electron chi connectivity index (χ1n) is 12.4. The molecule has 1 aliphatic heterocycles. The van der Waals surface area contributed by atoms with Gasteiger partial charge in [0, 0.05) is 5.56 Å². The second kappa shape index (κ2) is 9.45.